The first-order valence-corrected chi connectivity index (χ1v) is 6.00. The van der Waals surface area contributed by atoms with Crippen molar-refractivity contribution in [3.8, 4) is 11.1 Å². The average Bonchev–Trinajstić information content (AvgIpc) is 2.91. The van der Waals surface area contributed by atoms with E-state index in [-0.39, 0.29) is 5.41 Å². The molecule has 5 nitrogen and oxygen atoms in total. The van der Waals surface area contributed by atoms with E-state index < -0.39 is 0 Å². The molecule has 96 valence electrons. The predicted octanol–water partition coefficient (Wildman–Crippen LogP) is 1.87. The highest BCUT2D eigenvalue weighted by atomic mass is 15.1. The second-order valence-corrected chi connectivity index (χ2v) is 5.12. The van der Waals surface area contributed by atoms with Crippen LogP contribution in [0.5, 0.6) is 0 Å². The first kappa shape index (κ1) is 12.6. The largest absolute Gasteiger partial charge is 0.367 e. The summed E-state index contributed by atoms with van der Waals surface area (Å²) in [6, 6.07) is 1.99. The van der Waals surface area contributed by atoms with Gasteiger partial charge in [0, 0.05) is 42.5 Å². The van der Waals surface area contributed by atoms with E-state index in [4.69, 9.17) is 5.73 Å². The Morgan fingerprint density at radius 2 is 2.00 bits per heavy atom. The van der Waals surface area contributed by atoms with Crippen molar-refractivity contribution in [3.63, 3.8) is 0 Å². The first-order chi connectivity index (χ1) is 8.61. The fourth-order valence-corrected chi connectivity index (χ4v) is 1.46. The van der Waals surface area contributed by atoms with E-state index in [0.29, 0.717) is 12.5 Å². The monoisotopic (exact) mass is 245 g/mol. The number of nitrogens with zero attached hydrogens (tertiary/aromatic N) is 2. The van der Waals surface area contributed by atoms with Gasteiger partial charge in [0.25, 0.3) is 0 Å². The van der Waals surface area contributed by atoms with Crippen LogP contribution in [0, 0.1) is 5.41 Å². The van der Waals surface area contributed by atoms with Gasteiger partial charge in [0.15, 0.2) is 0 Å². The van der Waals surface area contributed by atoms with Crippen LogP contribution in [-0.2, 0) is 0 Å². The average molecular weight is 245 g/mol. The molecule has 0 radical (unpaired) electrons. The number of aromatic amines is 1. The quantitative estimate of drug-likeness (QED) is 0.751. The molecule has 0 aliphatic carbocycles. The smallest absolute Gasteiger partial charge is 0.222 e. The summed E-state index contributed by atoms with van der Waals surface area (Å²) in [5.74, 6) is 0.635. The Bertz CT molecular complexity index is 473. The Balaban J connectivity index is 2.00. The Labute approximate surface area is 107 Å². The summed E-state index contributed by atoms with van der Waals surface area (Å²) in [5.41, 5.74) is 7.81. The van der Waals surface area contributed by atoms with Crippen LogP contribution < -0.4 is 11.1 Å². The third-order valence-corrected chi connectivity index (χ3v) is 2.86. The maximum absolute atomic E-state index is 5.67. The molecule has 18 heavy (non-hydrogen) atoms. The molecule has 0 amide bonds. The molecule has 0 unspecified atom stereocenters. The van der Waals surface area contributed by atoms with Crippen LogP contribution >= 0.6 is 0 Å². The minimum absolute atomic E-state index is 0.0443. The van der Waals surface area contributed by atoms with Gasteiger partial charge in [-0.3, -0.25) is 0 Å². The van der Waals surface area contributed by atoms with Gasteiger partial charge >= 0.3 is 0 Å². The molecule has 2 heterocycles. The van der Waals surface area contributed by atoms with E-state index in [2.05, 4.69) is 34.1 Å². The van der Waals surface area contributed by atoms with E-state index in [1.165, 1.54) is 0 Å². The molecule has 5 heteroatoms. The summed E-state index contributed by atoms with van der Waals surface area (Å²) in [6.45, 7) is 5.59. The highest BCUT2D eigenvalue weighted by Gasteiger charge is 2.15. The van der Waals surface area contributed by atoms with Gasteiger partial charge in [0.05, 0.1) is 0 Å². The predicted molar refractivity (Wildman–Crippen MR) is 73.1 cm³/mol. The third kappa shape index (κ3) is 3.07. The third-order valence-electron chi connectivity index (χ3n) is 2.86. The van der Waals surface area contributed by atoms with Crippen molar-refractivity contribution < 1.29 is 0 Å². The summed E-state index contributed by atoms with van der Waals surface area (Å²) in [7, 11) is 0. The van der Waals surface area contributed by atoms with Crippen molar-refractivity contribution in [2.24, 2.45) is 11.1 Å². The lowest BCUT2D eigenvalue weighted by Crippen LogP contribution is -2.31. The Morgan fingerprint density at radius 1 is 1.28 bits per heavy atom. The van der Waals surface area contributed by atoms with E-state index in [0.717, 1.165) is 17.7 Å². The topological polar surface area (TPSA) is 79.6 Å². The first-order valence-electron chi connectivity index (χ1n) is 6.00. The van der Waals surface area contributed by atoms with Crippen LogP contribution in [0.1, 0.15) is 13.8 Å². The molecule has 0 aromatic carbocycles. The maximum atomic E-state index is 5.67. The van der Waals surface area contributed by atoms with Crippen LogP contribution in [0.2, 0.25) is 0 Å². The summed E-state index contributed by atoms with van der Waals surface area (Å²) in [6.07, 6.45) is 7.43. The lowest BCUT2D eigenvalue weighted by molar-refractivity contribution is 0.404. The molecule has 4 N–H and O–H groups in total. The van der Waals surface area contributed by atoms with E-state index in [9.17, 15) is 0 Å². The molecule has 2 aromatic heterocycles. The highest BCUT2D eigenvalue weighted by Crippen LogP contribution is 2.17. The molecule has 0 spiro atoms. The second-order valence-electron chi connectivity index (χ2n) is 5.12. The van der Waals surface area contributed by atoms with Gasteiger partial charge in [-0.25, -0.2) is 9.97 Å². The zero-order valence-electron chi connectivity index (χ0n) is 10.8. The highest BCUT2D eigenvalue weighted by molar-refractivity contribution is 5.60. The number of rotatable bonds is 5. The molecular formula is C13H19N5. The fraction of sp³-hybridized carbons (Fsp3) is 0.385. The molecule has 2 aromatic rings. The Kier molecular flexibility index (Phi) is 3.62. The van der Waals surface area contributed by atoms with Gasteiger partial charge in [-0.1, -0.05) is 13.8 Å². The Morgan fingerprint density at radius 3 is 2.56 bits per heavy atom. The number of hydrogen-bond donors (Lipinski definition) is 3. The number of aromatic nitrogens is 3. The molecule has 2 rings (SSSR count). The molecule has 0 saturated heterocycles. The molecule has 0 bridgehead atoms. The summed E-state index contributed by atoms with van der Waals surface area (Å²) in [4.78, 5) is 11.6. The Hall–Kier alpha value is -1.88. The van der Waals surface area contributed by atoms with Crippen molar-refractivity contribution in [2.45, 2.75) is 13.8 Å². The van der Waals surface area contributed by atoms with E-state index in [1.807, 2.05) is 30.9 Å². The molecule has 0 aliphatic rings. The molecular weight excluding hydrogens is 226 g/mol. The molecule has 0 atom stereocenters. The van der Waals surface area contributed by atoms with Gasteiger partial charge in [-0.05, 0) is 18.0 Å². The summed E-state index contributed by atoms with van der Waals surface area (Å²) < 4.78 is 0. The van der Waals surface area contributed by atoms with Crippen molar-refractivity contribution in [1.29, 1.82) is 0 Å². The van der Waals surface area contributed by atoms with Crippen LogP contribution in [0.3, 0.4) is 0 Å². The second kappa shape index (κ2) is 5.18. The number of nitrogens with one attached hydrogen (secondary N) is 2. The number of hydrogen-bond acceptors (Lipinski definition) is 4. The van der Waals surface area contributed by atoms with Gasteiger partial charge in [0.1, 0.15) is 0 Å². The molecule has 0 saturated carbocycles. The lowest BCUT2D eigenvalue weighted by atomic mass is 9.94. The maximum Gasteiger partial charge on any atom is 0.222 e. The van der Waals surface area contributed by atoms with Crippen LogP contribution in [0.25, 0.3) is 11.1 Å². The van der Waals surface area contributed by atoms with Gasteiger partial charge < -0.3 is 16.0 Å². The van der Waals surface area contributed by atoms with Crippen molar-refractivity contribution in [1.82, 2.24) is 15.0 Å². The minimum atomic E-state index is 0.0443. The summed E-state index contributed by atoms with van der Waals surface area (Å²) >= 11 is 0. The normalized spacial score (nSPS) is 11.5. The van der Waals surface area contributed by atoms with Crippen LogP contribution in [0.15, 0.2) is 30.9 Å². The number of nitrogens with two attached hydrogens (primary N) is 1. The number of H-pyrrole nitrogens is 1. The van der Waals surface area contributed by atoms with Crippen LogP contribution in [-0.4, -0.2) is 28.0 Å². The van der Waals surface area contributed by atoms with Crippen molar-refractivity contribution in [3.05, 3.63) is 30.9 Å². The zero-order chi connectivity index (χ0) is 13.0. The standard InChI is InChI=1S/C13H19N5/c1-13(2,8-14)9-18-12-16-6-11(7-17-12)10-3-4-15-5-10/h3-7,15H,8-9,14H2,1-2H3,(H,16,17,18). The van der Waals surface area contributed by atoms with Crippen LogP contribution in [0.4, 0.5) is 5.95 Å². The molecule has 0 fully saturated rings. The van der Waals surface area contributed by atoms with Crippen molar-refractivity contribution >= 4 is 5.95 Å². The summed E-state index contributed by atoms with van der Waals surface area (Å²) in [5, 5.41) is 3.20. The SMILES string of the molecule is CC(C)(CN)CNc1ncc(-c2cc[nH]c2)cn1. The molecule has 0 aliphatic heterocycles. The van der Waals surface area contributed by atoms with E-state index >= 15 is 0 Å². The zero-order valence-corrected chi connectivity index (χ0v) is 10.8. The lowest BCUT2D eigenvalue weighted by Gasteiger charge is -2.22. The fourth-order valence-electron chi connectivity index (χ4n) is 1.46. The van der Waals surface area contributed by atoms with E-state index in [1.54, 1.807) is 0 Å². The number of anilines is 1. The van der Waals surface area contributed by atoms with Crippen molar-refractivity contribution in [2.75, 3.05) is 18.4 Å². The van der Waals surface area contributed by atoms with Gasteiger partial charge in [0.2, 0.25) is 5.95 Å². The van der Waals surface area contributed by atoms with Gasteiger partial charge in [-0.15, -0.1) is 0 Å². The minimum Gasteiger partial charge on any atom is -0.367 e. The van der Waals surface area contributed by atoms with Gasteiger partial charge in [-0.2, -0.15) is 0 Å².